The molecule has 3 aromatic rings. The van der Waals surface area contributed by atoms with Crippen LogP contribution in [-0.4, -0.2) is 16.1 Å². The van der Waals surface area contributed by atoms with Crippen LogP contribution in [0.25, 0.3) is 11.0 Å². The number of ether oxygens (including phenoxy) is 1. The minimum Gasteiger partial charge on any atom is -0.460 e. The van der Waals surface area contributed by atoms with Crippen molar-refractivity contribution in [3.63, 3.8) is 0 Å². The number of hydrogen-bond donors (Lipinski definition) is 0. The predicted octanol–water partition coefficient (Wildman–Crippen LogP) is 4.54. The second kappa shape index (κ2) is 8.48. The molecule has 1 aromatic heterocycles. The minimum atomic E-state index is -0.521. The van der Waals surface area contributed by atoms with Gasteiger partial charge >= 0.3 is 11.6 Å². The van der Waals surface area contributed by atoms with Gasteiger partial charge in [-0.2, -0.15) is 0 Å². The second-order valence-electron chi connectivity index (χ2n) is 6.64. The summed E-state index contributed by atoms with van der Waals surface area (Å²) in [6, 6.07) is 11.0. The third kappa shape index (κ3) is 4.83. The number of rotatable bonds is 6. The molecule has 7 nitrogen and oxygen atoms in total. The van der Waals surface area contributed by atoms with Gasteiger partial charge in [-0.25, -0.2) is 4.79 Å². The smallest absolute Gasteiger partial charge is 0.336 e. The summed E-state index contributed by atoms with van der Waals surface area (Å²) in [6.07, 6.45) is 0. The van der Waals surface area contributed by atoms with Crippen LogP contribution in [0.1, 0.15) is 23.6 Å². The minimum absolute atomic E-state index is 0.00935. The van der Waals surface area contributed by atoms with Crippen LogP contribution < -0.4 is 5.63 Å². The van der Waals surface area contributed by atoms with E-state index in [-0.39, 0.29) is 12.3 Å². The summed E-state index contributed by atoms with van der Waals surface area (Å²) in [4.78, 5) is 35.2. The number of fused-ring (bicyclic) bond motifs is 1. The number of nitrogens with zero attached hydrogens (tertiary/aromatic N) is 1. The predicted molar refractivity (Wildman–Crippen MR) is 110 cm³/mol. The quantitative estimate of drug-likeness (QED) is 0.192. The zero-order chi connectivity index (χ0) is 21.1. The first-order chi connectivity index (χ1) is 13.7. The Morgan fingerprint density at radius 1 is 1.17 bits per heavy atom. The highest BCUT2D eigenvalue weighted by molar-refractivity contribution is 8.00. The van der Waals surface area contributed by atoms with E-state index in [0.717, 1.165) is 21.4 Å². The molecule has 0 saturated heterocycles. The van der Waals surface area contributed by atoms with Gasteiger partial charge in [0.1, 0.15) is 17.4 Å². The van der Waals surface area contributed by atoms with Gasteiger partial charge in [-0.1, -0.05) is 0 Å². The van der Waals surface area contributed by atoms with E-state index >= 15 is 0 Å². The van der Waals surface area contributed by atoms with E-state index in [1.165, 1.54) is 30.0 Å². The topological polar surface area (TPSA) is 99.7 Å². The molecule has 1 atom stereocenters. The van der Waals surface area contributed by atoms with E-state index in [1.807, 2.05) is 19.9 Å². The van der Waals surface area contributed by atoms with Crippen molar-refractivity contribution < 1.29 is 18.9 Å². The third-order valence-electron chi connectivity index (χ3n) is 4.51. The van der Waals surface area contributed by atoms with Crippen LogP contribution >= 0.6 is 11.8 Å². The molecule has 0 radical (unpaired) electrons. The number of nitro groups is 1. The van der Waals surface area contributed by atoms with Crippen LogP contribution in [0.2, 0.25) is 0 Å². The standard InChI is InChI=1S/C21H19NO6S/c1-12-8-18-15(10-20(23)28-19(18)9-13(12)2)11-27-21(24)14(3)29-17-6-4-16(5-7-17)22(25)26/h4-10,14H,11H2,1-3H3/t14-/m0/s1. The Kier molecular flexibility index (Phi) is 6.03. The fourth-order valence-corrected chi connectivity index (χ4v) is 3.63. The van der Waals surface area contributed by atoms with Crippen molar-refractivity contribution in [2.45, 2.75) is 37.5 Å². The van der Waals surface area contributed by atoms with Gasteiger partial charge in [0.2, 0.25) is 0 Å². The molecule has 3 rings (SSSR count). The molecule has 1 heterocycles. The fraction of sp³-hybridized carbons (Fsp3) is 0.238. The molecule has 0 fully saturated rings. The molecule has 0 saturated carbocycles. The van der Waals surface area contributed by atoms with E-state index in [4.69, 9.17) is 9.15 Å². The second-order valence-corrected chi connectivity index (χ2v) is 8.06. The summed E-state index contributed by atoms with van der Waals surface area (Å²) >= 11 is 1.24. The number of thioether (sulfide) groups is 1. The summed E-state index contributed by atoms with van der Waals surface area (Å²) in [5.41, 5.74) is 2.58. The molecule has 0 aliphatic heterocycles. The number of carbonyl (C=O) groups excluding carboxylic acids is 1. The number of carbonyl (C=O) groups is 1. The molecule has 0 unspecified atom stereocenters. The van der Waals surface area contributed by atoms with E-state index < -0.39 is 21.8 Å². The summed E-state index contributed by atoms with van der Waals surface area (Å²) in [5, 5.41) is 10.9. The molecule has 0 spiro atoms. The fourth-order valence-electron chi connectivity index (χ4n) is 2.77. The normalized spacial score (nSPS) is 12.0. The van der Waals surface area contributed by atoms with Crippen molar-refractivity contribution in [2.75, 3.05) is 0 Å². The van der Waals surface area contributed by atoms with Gasteiger partial charge in [0.25, 0.3) is 5.69 Å². The SMILES string of the molecule is Cc1cc2oc(=O)cc(COC(=O)[C@H](C)Sc3ccc([N+](=O)[O-])cc3)c2cc1C. The Morgan fingerprint density at radius 2 is 1.83 bits per heavy atom. The van der Waals surface area contributed by atoms with E-state index in [9.17, 15) is 19.7 Å². The van der Waals surface area contributed by atoms with Crippen molar-refractivity contribution in [3.05, 3.63) is 79.7 Å². The van der Waals surface area contributed by atoms with Crippen molar-refractivity contribution in [1.29, 1.82) is 0 Å². The zero-order valence-electron chi connectivity index (χ0n) is 16.1. The van der Waals surface area contributed by atoms with Crippen molar-refractivity contribution in [3.8, 4) is 0 Å². The average Bonchev–Trinajstić information content (AvgIpc) is 2.67. The molecular formula is C21H19NO6S. The first kappa shape index (κ1) is 20.6. The Morgan fingerprint density at radius 3 is 2.48 bits per heavy atom. The summed E-state index contributed by atoms with van der Waals surface area (Å²) in [5.74, 6) is -0.446. The monoisotopic (exact) mass is 413 g/mol. The summed E-state index contributed by atoms with van der Waals surface area (Å²) < 4.78 is 10.7. The van der Waals surface area contributed by atoms with Gasteiger partial charge in [-0.3, -0.25) is 14.9 Å². The molecule has 0 aliphatic carbocycles. The van der Waals surface area contributed by atoms with Gasteiger partial charge in [-0.05, 0) is 56.2 Å². The van der Waals surface area contributed by atoms with Crippen molar-refractivity contribution in [1.82, 2.24) is 0 Å². The van der Waals surface area contributed by atoms with Gasteiger partial charge in [0, 0.05) is 34.0 Å². The maximum Gasteiger partial charge on any atom is 0.336 e. The molecule has 29 heavy (non-hydrogen) atoms. The first-order valence-electron chi connectivity index (χ1n) is 8.86. The van der Waals surface area contributed by atoms with E-state index in [2.05, 4.69) is 0 Å². The number of hydrogen-bond acceptors (Lipinski definition) is 7. The zero-order valence-corrected chi connectivity index (χ0v) is 16.9. The molecule has 0 aliphatic rings. The van der Waals surface area contributed by atoms with Crippen LogP contribution in [0.3, 0.4) is 0 Å². The highest BCUT2D eigenvalue weighted by Gasteiger charge is 2.18. The van der Waals surface area contributed by atoms with Crippen LogP contribution in [0.15, 0.2) is 56.6 Å². The Bertz CT molecular complexity index is 1140. The van der Waals surface area contributed by atoms with E-state index in [1.54, 1.807) is 25.1 Å². The molecule has 0 amide bonds. The van der Waals surface area contributed by atoms with Gasteiger partial charge in [0.15, 0.2) is 0 Å². The highest BCUT2D eigenvalue weighted by atomic mass is 32.2. The number of esters is 1. The Balaban J connectivity index is 1.70. The number of benzene rings is 2. The van der Waals surface area contributed by atoms with Crippen LogP contribution in [0.5, 0.6) is 0 Å². The van der Waals surface area contributed by atoms with Crippen molar-refractivity contribution in [2.24, 2.45) is 0 Å². The Labute approximate surface area is 170 Å². The summed E-state index contributed by atoms with van der Waals surface area (Å²) in [6.45, 7) is 5.53. The maximum absolute atomic E-state index is 12.4. The van der Waals surface area contributed by atoms with Crippen molar-refractivity contribution >= 4 is 34.4 Å². The average molecular weight is 413 g/mol. The van der Waals surface area contributed by atoms with Crippen LogP contribution in [0.4, 0.5) is 5.69 Å². The summed E-state index contributed by atoms with van der Waals surface area (Å²) in [7, 11) is 0. The number of non-ortho nitro benzene ring substituents is 1. The van der Waals surface area contributed by atoms with Crippen LogP contribution in [-0.2, 0) is 16.1 Å². The first-order valence-corrected chi connectivity index (χ1v) is 9.74. The van der Waals surface area contributed by atoms with Gasteiger partial charge in [0.05, 0.1) is 4.92 Å². The Hall–Kier alpha value is -3.13. The third-order valence-corrected chi connectivity index (χ3v) is 5.60. The lowest BCUT2D eigenvalue weighted by atomic mass is 10.0. The van der Waals surface area contributed by atoms with Gasteiger partial charge < -0.3 is 9.15 Å². The lowest BCUT2D eigenvalue weighted by molar-refractivity contribution is -0.384. The molecular weight excluding hydrogens is 394 g/mol. The molecule has 2 aromatic carbocycles. The number of nitro benzene ring substituents is 1. The molecule has 8 heteroatoms. The molecule has 0 bridgehead atoms. The number of aryl methyl sites for hydroxylation is 2. The maximum atomic E-state index is 12.4. The van der Waals surface area contributed by atoms with Crippen LogP contribution in [0, 0.1) is 24.0 Å². The largest absolute Gasteiger partial charge is 0.460 e. The molecule has 0 N–H and O–H groups in total. The van der Waals surface area contributed by atoms with Gasteiger partial charge in [-0.15, -0.1) is 11.8 Å². The lowest BCUT2D eigenvalue weighted by Crippen LogP contribution is -2.17. The molecule has 150 valence electrons. The highest BCUT2D eigenvalue weighted by Crippen LogP contribution is 2.27. The lowest BCUT2D eigenvalue weighted by Gasteiger charge is -2.12. The van der Waals surface area contributed by atoms with E-state index in [0.29, 0.717) is 11.1 Å².